The maximum Gasteiger partial charge on any atom is 0.221 e. The highest BCUT2D eigenvalue weighted by Gasteiger charge is 2.48. The van der Waals surface area contributed by atoms with Crippen molar-refractivity contribution in [3.05, 3.63) is 87.1 Å². The summed E-state index contributed by atoms with van der Waals surface area (Å²) in [5, 5.41) is 9.94. The standard InChI is InChI=1S/C21H17ClN2OS/c1-21(14-8-10-15(22)11-9-14)24-18(16-5-2-3-6-19(16)25-21)13-17(23-24)20-7-4-12-26-20/h2-12,18H,13H2,1H3. The van der Waals surface area contributed by atoms with Crippen LogP contribution >= 0.6 is 22.9 Å². The second-order valence-corrected chi connectivity index (χ2v) is 8.10. The molecule has 0 radical (unpaired) electrons. The third-order valence-electron chi connectivity index (χ3n) is 5.12. The average Bonchev–Trinajstić information content (AvgIpc) is 3.32. The molecule has 2 aliphatic heterocycles. The molecule has 0 amide bonds. The van der Waals surface area contributed by atoms with E-state index in [4.69, 9.17) is 21.4 Å². The Hall–Kier alpha value is -2.30. The number of hydrogen-bond acceptors (Lipinski definition) is 4. The van der Waals surface area contributed by atoms with E-state index >= 15 is 0 Å². The van der Waals surface area contributed by atoms with Crippen LogP contribution in [0, 0.1) is 0 Å². The van der Waals surface area contributed by atoms with E-state index < -0.39 is 5.72 Å². The second-order valence-electron chi connectivity index (χ2n) is 6.72. The number of thiophene rings is 1. The molecule has 0 bridgehead atoms. The predicted molar refractivity (Wildman–Crippen MR) is 106 cm³/mol. The van der Waals surface area contributed by atoms with Crippen LogP contribution < -0.4 is 4.74 Å². The molecule has 130 valence electrons. The highest BCUT2D eigenvalue weighted by molar-refractivity contribution is 7.12. The summed E-state index contributed by atoms with van der Waals surface area (Å²) in [7, 11) is 0. The van der Waals surface area contributed by atoms with E-state index in [1.54, 1.807) is 11.3 Å². The fourth-order valence-corrected chi connectivity index (χ4v) is 4.64. The molecule has 0 spiro atoms. The molecule has 0 fully saturated rings. The van der Waals surface area contributed by atoms with Gasteiger partial charge >= 0.3 is 0 Å². The molecule has 0 N–H and O–H groups in total. The average molecular weight is 381 g/mol. The zero-order chi connectivity index (χ0) is 17.7. The van der Waals surface area contributed by atoms with Crippen LogP contribution in [0.1, 0.15) is 35.4 Å². The van der Waals surface area contributed by atoms with Crippen molar-refractivity contribution in [2.24, 2.45) is 5.10 Å². The van der Waals surface area contributed by atoms with Crippen molar-refractivity contribution < 1.29 is 4.74 Å². The van der Waals surface area contributed by atoms with Crippen LogP contribution in [0.25, 0.3) is 0 Å². The molecule has 1 aromatic heterocycles. The van der Waals surface area contributed by atoms with Crippen LogP contribution in [0.3, 0.4) is 0 Å². The summed E-state index contributed by atoms with van der Waals surface area (Å²) < 4.78 is 6.50. The largest absolute Gasteiger partial charge is 0.462 e. The summed E-state index contributed by atoms with van der Waals surface area (Å²) >= 11 is 7.83. The number of rotatable bonds is 2. The first-order chi connectivity index (χ1) is 12.6. The van der Waals surface area contributed by atoms with Gasteiger partial charge in [-0.3, -0.25) is 0 Å². The SMILES string of the molecule is CC1(c2ccc(Cl)cc2)Oc2ccccc2C2CC(c3cccs3)=NN21. The van der Waals surface area contributed by atoms with Gasteiger partial charge in [0.25, 0.3) is 0 Å². The van der Waals surface area contributed by atoms with E-state index in [1.165, 1.54) is 10.4 Å². The quantitative estimate of drug-likeness (QED) is 0.559. The van der Waals surface area contributed by atoms with Crippen molar-refractivity contribution in [1.82, 2.24) is 5.01 Å². The third kappa shape index (κ3) is 2.37. The molecule has 3 heterocycles. The van der Waals surface area contributed by atoms with Gasteiger partial charge in [0.05, 0.1) is 16.6 Å². The summed E-state index contributed by atoms with van der Waals surface area (Å²) in [5.41, 5.74) is 2.67. The number of para-hydroxylation sites is 1. The van der Waals surface area contributed by atoms with Crippen LogP contribution in [0.15, 0.2) is 71.1 Å². The third-order valence-corrected chi connectivity index (χ3v) is 6.29. The van der Waals surface area contributed by atoms with Gasteiger partial charge in [-0.25, -0.2) is 5.01 Å². The van der Waals surface area contributed by atoms with E-state index in [2.05, 4.69) is 41.6 Å². The lowest BCUT2D eigenvalue weighted by Gasteiger charge is -2.46. The van der Waals surface area contributed by atoms with E-state index in [-0.39, 0.29) is 6.04 Å². The van der Waals surface area contributed by atoms with E-state index in [0.717, 1.165) is 23.4 Å². The number of ether oxygens (including phenoxy) is 1. The Kier molecular flexibility index (Phi) is 3.59. The van der Waals surface area contributed by atoms with Crippen molar-refractivity contribution in [2.75, 3.05) is 0 Å². The summed E-state index contributed by atoms with van der Waals surface area (Å²) in [5.74, 6) is 0.925. The summed E-state index contributed by atoms with van der Waals surface area (Å²) in [6.07, 6.45) is 0.879. The fraction of sp³-hybridized carbons (Fsp3) is 0.190. The number of halogens is 1. The first kappa shape index (κ1) is 15.9. The van der Waals surface area contributed by atoms with E-state index in [1.807, 2.05) is 36.4 Å². The molecule has 5 rings (SSSR count). The summed E-state index contributed by atoms with van der Waals surface area (Å²) in [6.45, 7) is 2.08. The van der Waals surface area contributed by atoms with Crippen molar-refractivity contribution in [3.63, 3.8) is 0 Å². The zero-order valence-corrected chi connectivity index (χ0v) is 15.8. The smallest absolute Gasteiger partial charge is 0.221 e. The zero-order valence-electron chi connectivity index (χ0n) is 14.2. The van der Waals surface area contributed by atoms with Crippen molar-refractivity contribution in [3.8, 4) is 5.75 Å². The lowest BCUT2D eigenvalue weighted by atomic mass is 9.93. The maximum absolute atomic E-state index is 6.50. The number of benzene rings is 2. The Labute approximate surface area is 161 Å². The van der Waals surface area contributed by atoms with Crippen LogP contribution in [-0.4, -0.2) is 10.7 Å². The molecule has 0 saturated heterocycles. The molecule has 3 nitrogen and oxygen atoms in total. The molecular formula is C21H17ClN2OS. The van der Waals surface area contributed by atoms with Crippen LogP contribution in [0.2, 0.25) is 5.02 Å². The van der Waals surface area contributed by atoms with E-state index in [0.29, 0.717) is 5.02 Å². The van der Waals surface area contributed by atoms with Crippen LogP contribution in [-0.2, 0) is 5.72 Å². The Morgan fingerprint density at radius 3 is 2.69 bits per heavy atom. The molecule has 2 atom stereocenters. The molecule has 2 aliphatic rings. The molecule has 3 aromatic rings. The van der Waals surface area contributed by atoms with Gasteiger partial charge in [-0.2, -0.15) is 5.10 Å². The molecular weight excluding hydrogens is 364 g/mol. The summed E-state index contributed by atoms with van der Waals surface area (Å²) in [6, 6.07) is 20.5. The minimum atomic E-state index is -0.678. The van der Waals surface area contributed by atoms with Crippen molar-refractivity contribution in [1.29, 1.82) is 0 Å². The summed E-state index contributed by atoms with van der Waals surface area (Å²) in [4.78, 5) is 1.22. The first-order valence-corrected chi connectivity index (χ1v) is 9.85. The lowest BCUT2D eigenvalue weighted by molar-refractivity contribution is -0.112. The monoisotopic (exact) mass is 380 g/mol. The van der Waals surface area contributed by atoms with Crippen LogP contribution in [0.5, 0.6) is 5.75 Å². The van der Waals surface area contributed by atoms with Gasteiger partial charge in [0, 0.05) is 29.5 Å². The molecule has 2 aromatic carbocycles. The maximum atomic E-state index is 6.50. The number of hydrazone groups is 1. The van der Waals surface area contributed by atoms with Gasteiger partial charge in [0.1, 0.15) is 5.75 Å². The van der Waals surface area contributed by atoms with Crippen LogP contribution in [0.4, 0.5) is 0 Å². The Morgan fingerprint density at radius 1 is 1.12 bits per heavy atom. The predicted octanol–water partition coefficient (Wildman–Crippen LogP) is 5.82. The first-order valence-electron chi connectivity index (χ1n) is 8.60. The lowest BCUT2D eigenvalue weighted by Crippen LogP contribution is -2.48. The number of hydrogen-bond donors (Lipinski definition) is 0. The molecule has 2 unspecified atom stereocenters. The van der Waals surface area contributed by atoms with Gasteiger partial charge in [0.15, 0.2) is 0 Å². The Bertz CT molecular complexity index is 984. The number of fused-ring (bicyclic) bond motifs is 3. The minimum absolute atomic E-state index is 0.165. The van der Waals surface area contributed by atoms with Gasteiger partial charge in [-0.15, -0.1) is 11.3 Å². The molecule has 0 aliphatic carbocycles. The van der Waals surface area contributed by atoms with Gasteiger partial charge in [-0.05, 0) is 29.6 Å². The van der Waals surface area contributed by atoms with Gasteiger partial charge in [-0.1, -0.05) is 48.0 Å². The highest BCUT2D eigenvalue weighted by Crippen LogP contribution is 2.50. The fourth-order valence-electron chi connectivity index (χ4n) is 3.80. The van der Waals surface area contributed by atoms with Crippen molar-refractivity contribution >= 4 is 28.6 Å². The molecule has 5 heteroatoms. The topological polar surface area (TPSA) is 24.8 Å². The highest BCUT2D eigenvalue weighted by atomic mass is 35.5. The Balaban J connectivity index is 1.66. The Morgan fingerprint density at radius 2 is 1.92 bits per heavy atom. The molecule has 0 saturated carbocycles. The van der Waals surface area contributed by atoms with Gasteiger partial charge < -0.3 is 4.74 Å². The van der Waals surface area contributed by atoms with E-state index in [9.17, 15) is 0 Å². The minimum Gasteiger partial charge on any atom is -0.462 e. The normalized spacial score (nSPS) is 23.8. The van der Waals surface area contributed by atoms with Crippen molar-refractivity contribution in [2.45, 2.75) is 25.1 Å². The second kappa shape index (κ2) is 5.86. The molecule has 26 heavy (non-hydrogen) atoms. The van der Waals surface area contributed by atoms with Gasteiger partial charge in [0.2, 0.25) is 5.72 Å². The number of nitrogens with zero attached hydrogens (tertiary/aromatic N) is 2.